The summed E-state index contributed by atoms with van der Waals surface area (Å²) in [6.45, 7) is 5.53. The van der Waals surface area contributed by atoms with Gasteiger partial charge in [-0.3, -0.25) is 4.90 Å². The third-order valence-electron chi connectivity index (χ3n) is 3.45. The van der Waals surface area contributed by atoms with E-state index in [0.29, 0.717) is 0 Å². The molecule has 0 aromatic heterocycles. The van der Waals surface area contributed by atoms with Gasteiger partial charge >= 0.3 is 0 Å². The molecule has 0 unspecified atom stereocenters. The van der Waals surface area contributed by atoms with Crippen molar-refractivity contribution >= 4 is 0 Å². The monoisotopic (exact) mass is 250 g/mol. The summed E-state index contributed by atoms with van der Waals surface area (Å²) in [6.07, 6.45) is 0. The number of nitrogens with zero attached hydrogens (tertiary/aromatic N) is 2. The van der Waals surface area contributed by atoms with Crippen LogP contribution in [-0.4, -0.2) is 57.2 Å². The number of rotatable bonds is 4. The van der Waals surface area contributed by atoms with Gasteiger partial charge in [-0.25, -0.2) is 0 Å². The van der Waals surface area contributed by atoms with E-state index in [1.807, 2.05) is 6.07 Å². The topological polar surface area (TPSA) is 24.9 Å². The van der Waals surface area contributed by atoms with Gasteiger partial charge in [-0.15, -0.1) is 0 Å². The van der Waals surface area contributed by atoms with Crippen LogP contribution in [0, 0.1) is 0 Å². The van der Waals surface area contributed by atoms with Gasteiger partial charge in [-0.05, 0) is 24.7 Å². The predicted octanol–water partition coefficient (Wildman–Crippen LogP) is 1.45. The van der Waals surface area contributed by atoms with Crippen molar-refractivity contribution in [2.45, 2.75) is 6.54 Å². The van der Waals surface area contributed by atoms with Gasteiger partial charge in [-0.2, -0.15) is 0 Å². The van der Waals surface area contributed by atoms with Crippen molar-refractivity contribution < 1.29 is 9.47 Å². The summed E-state index contributed by atoms with van der Waals surface area (Å²) in [7, 11) is 5.52. The van der Waals surface area contributed by atoms with Crippen LogP contribution >= 0.6 is 0 Å². The lowest BCUT2D eigenvalue weighted by molar-refractivity contribution is 0.148. The van der Waals surface area contributed by atoms with Gasteiger partial charge in [0.05, 0.1) is 14.2 Å². The Morgan fingerprint density at radius 2 is 1.67 bits per heavy atom. The molecule has 0 saturated carbocycles. The van der Waals surface area contributed by atoms with E-state index in [4.69, 9.17) is 9.47 Å². The lowest BCUT2D eigenvalue weighted by Gasteiger charge is -2.32. The highest BCUT2D eigenvalue weighted by Crippen LogP contribution is 2.28. The Morgan fingerprint density at radius 3 is 2.28 bits per heavy atom. The molecule has 0 N–H and O–H groups in total. The highest BCUT2D eigenvalue weighted by Gasteiger charge is 2.14. The molecule has 0 atom stereocenters. The molecule has 1 aliphatic heterocycles. The van der Waals surface area contributed by atoms with Crippen LogP contribution in [0.3, 0.4) is 0 Å². The van der Waals surface area contributed by atoms with Crippen LogP contribution in [0.25, 0.3) is 0 Å². The van der Waals surface area contributed by atoms with Gasteiger partial charge in [-0.1, -0.05) is 6.07 Å². The molecule has 0 amide bonds. The molecule has 1 heterocycles. The minimum absolute atomic E-state index is 0.791. The fraction of sp³-hybridized carbons (Fsp3) is 0.571. The second-order valence-electron chi connectivity index (χ2n) is 4.77. The van der Waals surface area contributed by atoms with Crippen molar-refractivity contribution in [2.24, 2.45) is 0 Å². The summed E-state index contributed by atoms with van der Waals surface area (Å²) in [5.41, 5.74) is 1.28. The molecule has 0 aliphatic carbocycles. The summed E-state index contributed by atoms with van der Waals surface area (Å²) in [4.78, 5) is 4.84. The molecule has 0 bridgehead atoms. The number of likely N-dealkylation sites (N-methyl/N-ethyl adjacent to an activating group) is 1. The van der Waals surface area contributed by atoms with E-state index in [1.165, 1.54) is 5.56 Å². The van der Waals surface area contributed by atoms with Gasteiger partial charge in [0.1, 0.15) is 0 Å². The van der Waals surface area contributed by atoms with Crippen LogP contribution in [0.1, 0.15) is 5.56 Å². The number of hydrogen-bond acceptors (Lipinski definition) is 4. The van der Waals surface area contributed by atoms with Crippen molar-refractivity contribution in [3.05, 3.63) is 23.8 Å². The molecule has 18 heavy (non-hydrogen) atoms. The number of benzene rings is 1. The largest absolute Gasteiger partial charge is 0.493 e. The molecule has 1 aromatic carbocycles. The minimum atomic E-state index is 0.791. The van der Waals surface area contributed by atoms with Gasteiger partial charge in [0.25, 0.3) is 0 Å². The van der Waals surface area contributed by atoms with Crippen LogP contribution in [0.5, 0.6) is 11.5 Å². The number of hydrogen-bond donors (Lipinski definition) is 0. The van der Waals surface area contributed by atoms with Crippen LogP contribution in [0.2, 0.25) is 0 Å². The van der Waals surface area contributed by atoms with Crippen molar-refractivity contribution in [1.82, 2.24) is 9.80 Å². The Hall–Kier alpha value is -1.26. The minimum Gasteiger partial charge on any atom is -0.493 e. The Labute approximate surface area is 109 Å². The van der Waals surface area contributed by atoms with Crippen molar-refractivity contribution in [3.63, 3.8) is 0 Å². The molecule has 4 nitrogen and oxygen atoms in total. The fourth-order valence-electron chi connectivity index (χ4n) is 2.24. The van der Waals surface area contributed by atoms with E-state index in [-0.39, 0.29) is 0 Å². The Kier molecular flexibility index (Phi) is 4.44. The van der Waals surface area contributed by atoms with Crippen molar-refractivity contribution in [3.8, 4) is 11.5 Å². The molecule has 100 valence electrons. The zero-order chi connectivity index (χ0) is 13.0. The maximum atomic E-state index is 5.33. The quantitative estimate of drug-likeness (QED) is 0.807. The smallest absolute Gasteiger partial charge is 0.161 e. The highest BCUT2D eigenvalue weighted by molar-refractivity contribution is 5.42. The number of ether oxygens (including phenoxy) is 2. The number of piperazine rings is 1. The highest BCUT2D eigenvalue weighted by atomic mass is 16.5. The molecular weight excluding hydrogens is 228 g/mol. The van der Waals surface area contributed by atoms with Gasteiger partial charge < -0.3 is 14.4 Å². The first kappa shape index (κ1) is 13.2. The van der Waals surface area contributed by atoms with Crippen molar-refractivity contribution in [2.75, 3.05) is 47.4 Å². The van der Waals surface area contributed by atoms with E-state index in [0.717, 1.165) is 44.2 Å². The fourth-order valence-corrected chi connectivity index (χ4v) is 2.24. The second kappa shape index (κ2) is 6.07. The molecule has 1 aromatic rings. The number of methoxy groups -OCH3 is 2. The average Bonchev–Trinajstić information content (AvgIpc) is 2.41. The SMILES string of the molecule is COc1ccc(CN2CCN(C)CC2)cc1OC. The van der Waals surface area contributed by atoms with E-state index in [1.54, 1.807) is 14.2 Å². The summed E-state index contributed by atoms with van der Waals surface area (Å²) in [5.74, 6) is 1.60. The third-order valence-corrected chi connectivity index (χ3v) is 3.45. The zero-order valence-corrected chi connectivity index (χ0v) is 11.5. The Bertz CT molecular complexity index is 387. The second-order valence-corrected chi connectivity index (χ2v) is 4.77. The first-order valence-electron chi connectivity index (χ1n) is 6.34. The Morgan fingerprint density at radius 1 is 1.00 bits per heavy atom. The zero-order valence-electron chi connectivity index (χ0n) is 11.5. The van der Waals surface area contributed by atoms with Crippen LogP contribution < -0.4 is 9.47 Å². The van der Waals surface area contributed by atoms with Crippen LogP contribution in [-0.2, 0) is 6.54 Å². The average molecular weight is 250 g/mol. The maximum absolute atomic E-state index is 5.33. The molecule has 0 radical (unpaired) electrons. The molecule has 1 fully saturated rings. The van der Waals surface area contributed by atoms with E-state index in [2.05, 4.69) is 29.0 Å². The molecule has 2 rings (SSSR count). The van der Waals surface area contributed by atoms with E-state index < -0.39 is 0 Å². The summed E-state index contributed by atoms with van der Waals surface area (Å²) < 4.78 is 10.6. The predicted molar refractivity (Wildman–Crippen MR) is 72.3 cm³/mol. The first-order valence-corrected chi connectivity index (χ1v) is 6.34. The molecule has 4 heteroatoms. The summed E-state index contributed by atoms with van der Waals surface area (Å²) in [5, 5.41) is 0. The molecule has 1 aliphatic rings. The van der Waals surface area contributed by atoms with Gasteiger partial charge in [0, 0.05) is 32.7 Å². The third kappa shape index (κ3) is 3.15. The van der Waals surface area contributed by atoms with E-state index >= 15 is 0 Å². The normalized spacial score (nSPS) is 17.7. The van der Waals surface area contributed by atoms with Gasteiger partial charge in [0.15, 0.2) is 11.5 Å². The van der Waals surface area contributed by atoms with Crippen LogP contribution in [0.15, 0.2) is 18.2 Å². The molecule has 0 spiro atoms. The maximum Gasteiger partial charge on any atom is 0.161 e. The van der Waals surface area contributed by atoms with Crippen LogP contribution in [0.4, 0.5) is 0 Å². The summed E-state index contributed by atoms with van der Waals surface area (Å²) >= 11 is 0. The van der Waals surface area contributed by atoms with Gasteiger partial charge in [0.2, 0.25) is 0 Å². The molecular formula is C14H22N2O2. The lowest BCUT2D eigenvalue weighted by Crippen LogP contribution is -2.43. The standard InChI is InChI=1S/C14H22N2O2/c1-15-6-8-16(9-7-15)11-12-4-5-13(17-2)14(10-12)18-3/h4-5,10H,6-9,11H2,1-3H3. The lowest BCUT2D eigenvalue weighted by atomic mass is 10.1. The first-order chi connectivity index (χ1) is 8.72. The Balaban J connectivity index is 2.01. The van der Waals surface area contributed by atoms with E-state index in [9.17, 15) is 0 Å². The van der Waals surface area contributed by atoms with Crippen molar-refractivity contribution in [1.29, 1.82) is 0 Å². The molecule has 1 saturated heterocycles. The summed E-state index contributed by atoms with van der Waals surface area (Å²) in [6, 6.07) is 6.15.